The topological polar surface area (TPSA) is 70.8 Å². The second kappa shape index (κ2) is 5.67. The average Bonchev–Trinajstić information content (AvgIpc) is 3.14. The Morgan fingerprint density at radius 1 is 1.14 bits per heavy atom. The van der Waals surface area contributed by atoms with E-state index in [1.165, 1.54) is 17.7 Å². The van der Waals surface area contributed by atoms with Gasteiger partial charge in [0.15, 0.2) is 5.76 Å². The Kier molecular flexibility index (Phi) is 3.71. The largest absolute Gasteiger partial charge is 0.475 e. The quantitative estimate of drug-likeness (QED) is 0.945. The van der Waals surface area contributed by atoms with Gasteiger partial charge < -0.3 is 14.4 Å². The van der Waals surface area contributed by atoms with Crippen LogP contribution in [0, 0.1) is 0 Å². The first-order chi connectivity index (χ1) is 10.6. The van der Waals surface area contributed by atoms with Crippen molar-refractivity contribution in [2.75, 3.05) is 6.54 Å². The van der Waals surface area contributed by atoms with Crippen molar-refractivity contribution in [3.05, 3.63) is 59.5 Å². The fourth-order valence-electron chi connectivity index (χ4n) is 3.08. The highest BCUT2D eigenvalue weighted by Crippen LogP contribution is 2.34. The van der Waals surface area contributed by atoms with E-state index in [9.17, 15) is 9.59 Å². The summed E-state index contributed by atoms with van der Waals surface area (Å²) in [7, 11) is 0. The molecule has 1 aliphatic rings. The Bertz CT molecular complexity index is 692. The summed E-state index contributed by atoms with van der Waals surface area (Å²) < 4.78 is 5.12. The zero-order chi connectivity index (χ0) is 15.7. The molecule has 2 atom stereocenters. The van der Waals surface area contributed by atoms with Gasteiger partial charge in [-0.15, -0.1) is 0 Å². The zero-order valence-corrected chi connectivity index (χ0v) is 12.2. The van der Waals surface area contributed by atoms with Crippen LogP contribution in [0.1, 0.15) is 45.9 Å². The number of aromatic carboxylic acids is 1. The summed E-state index contributed by atoms with van der Waals surface area (Å²) >= 11 is 0. The number of carbonyl (C=O) groups excluding carboxylic acids is 1. The van der Waals surface area contributed by atoms with Crippen molar-refractivity contribution in [3.63, 3.8) is 0 Å². The standard InChI is InChI=1S/C17H17NO4/c1-11-13(12-5-3-2-4-6-12)9-10-18(11)16(19)14-7-8-15(22-14)17(20)21/h2-8,11,13H,9-10H2,1H3,(H,20,21)/t11-,13+/m0/s1. The van der Waals surface area contributed by atoms with Gasteiger partial charge in [-0.3, -0.25) is 4.79 Å². The second-order valence-corrected chi connectivity index (χ2v) is 5.51. The number of likely N-dealkylation sites (tertiary alicyclic amines) is 1. The van der Waals surface area contributed by atoms with E-state index in [4.69, 9.17) is 9.52 Å². The van der Waals surface area contributed by atoms with Crippen LogP contribution in [0.5, 0.6) is 0 Å². The van der Waals surface area contributed by atoms with Gasteiger partial charge in [-0.1, -0.05) is 30.3 Å². The highest BCUT2D eigenvalue weighted by molar-refractivity contribution is 5.94. The maximum absolute atomic E-state index is 12.5. The summed E-state index contributed by atoms with van der Waals surface area (Å²) in [5.74, 6) is -1.26. The average molecular weight is 299 g/mol. The molecule has 0 saturated carbocycles. The maximum atomic E-state index is 12.5. The Labute approximate surface area is 128 Å². The number of carboxylic acids is 1. The minimum atomic E-state index is -1.17. The number of amides is 1. The summed E-state index contributed by atoms with van der Waals surface area (Å²) in [5, 5.41) is 8.87. The number of nitrogens with zero attached hydrogens (tertiary/aromatic N) is 1. The molecule has 22 heavy (non-hydrogen) atoms. The smallest absolute Gasteiger partial charge is 0.371 e. The monoisotopic (exact) mass is 299 g/mol. The highest BCUT2D eigenvalue weighted by atomic mass is 16.4. The van der Waals surface area contributed by atoms with E-state index in [1.807, 2.05) is 25.1 Å². The molecule has 1 aromatic heterocycles. The van der Waals surface area contributed by atoms with Crippen molar-refractivity contribution in [2.45, 2.75) is 25.3 Å². The van der Waals surface area contributed by atoms with Gasteiger partial charge in [-0.05, 0) is 31.0 Å². The molecule has 1 saturated heterocycles. The molecular weight excluding hydrogens is 282 g/mol. The van der Waals surface area contributed by atoms with Gasteiger partial charge in [0.2, 0.25) is 5.76 Å². The first-order valence-electron chi connectivity index (χ1n) is 7.27. The lowest BCUT2D eigenvalue weighted by atomic mass is 9.93. The number of furan rings is 1. The second-order valence-electron chi connectivity index (χ2n) is 5.51. The molecule has 2 aromatic rings. The minimum absolute atomic E-state index is 0.0493. The van der Waals surface area contributed by atoms with Crippen LogP contribution in [0.15, 0.2) is 46.9 Å². The molecule has 5 nitrogen and oxygen atoms in total. The number of benzene rings is 1. The predicted octanol–water partition coefficient (Wildman–Crippen LogP) is 3.00. The molecule has 1 N–H and O–H groups in total. The number of hydrogen-bond donors (Lipinski definition) is 1. The van der Waals surface area contributed by atoms with Crippen molar-refractivity contribution in [3.8, 4) is 0 Å². The molecule has 1 aliphatic heterocycles. The number of carboxylic acid groups (broad SMARTS) is 1. The SMILES string of the molecule is C[C@H]1[C@H](c2ccccc2)CCN1C(=O)c1ccc(C(=O)O)o1. The molecule has 0 bridgehead atoms. The van der Waals surface area contributed by atoms with Gasteiger partial charge in [-0.25, -0.2) is 4.79 Å². The van der Waals surface area contributed by atoms with Crippen molar-refractivity contribution in [1.82, 2.24) is 4.90 Å². The molecule has 114 valence electrons. The molecule has 0 radical (unpaired) electrons. The number of carbonyl (C=O) groups is 2. The van der Waals surface area contributed by atoms with E-state index in [1.54, 1.807) is 4.90 Å². The zero-order valence-electron chi connectivity index (χ0n) is 12.2. The van der Waals surface area contributed by atoms with E-state index in [0.29, 0.717) is 12.5 Å². The predicted molar refractivity (Wildman–Crippen MR) is 80.0 cm³/mol. The number of hydrogen-bond acceptors (Lipinski definition) is 3. The van der Waals surface area contributed by atoms with E-state index in [-0.39, 0.29) is 23.5 Å². The van der Waals surface area contributed by atoms with Crippen molar-refractivity contribution < 1.29 is 19.1 Å². The third-order valence-corrected chi connectivity index (χ3v) is 4.27. The first-order valence-corrected chi connectivity index (χ1v) is 7.27. The van der Waals surface area contributed by atoms with Crippen LogP contribution in [0.2, 0.25) is 0 Å². The molecule has 2 heterocycles. The van der Waals surface area contributed by atoms with Gasteiger partial charge in [-0.2, -0.15) is 0 Å². The van der Waals surface area contributed by atoms with Crippen LogP contribution in [-0.2, 0) is 0 Å². The Hall–Kier alpha value is -2.56. The van der Waals surface area contributed by atoms with Gasteiger partial charge in [0.25, 0.3) is 5.91 Å². The van der Waals surface area contributed by atoms with Gasteiger partial charge in [0.1, 0.15) is 0 Å². The molecule has 0 spiro atoms. The molecule has 0 unspecified atom stereocenters. The van der Waals surface area contributed by atoms with Crippen molar-refractivity contribution in [2.24, 2.45) is 0 Å². The third-order valence-electron chi connectivity index (χ3n) is 4.27. The van der Waals surface area contributed by atoms with Crippen LogP contribution >= 0.6 is 0 Å². The Morgan fingerprint density at radius 2 is 1.82 bits per heavy atom. The highest BCUT2D eigenvalue weighted by Gasteiger charge is 2.36. The van der Waals surface area contributed by atoms with Crippen LogP contribution in [-0.4, -0.2) is 34.5 Å². The lowest BCUT2D eigenvalue weighted by Crippen LogP contribution is -2.35. The fourth-order valence-corrected chi connectivity index (χ4v) is 3.08. The summed E-state index contributed by atoms with van der Waals surface area (Å²) in [6.07, 6.45) is 0.892. The van der Waals surface area contributed by atoms with Gasteiger partial charge in [0, 0.05) is 18.5 Å². The third kappa shape index (κ3) is 2.50. The maximum Gasteiger partial charge on any atom is 0.371 e. The van der Waals surface area contributed by atoms with E-state index < -0.39 is 5.97 Å². The lowest BCUT2D eigenvalue weighted by molar-refractivity contribution is 0.0647. The molecule has 5 heteroatoms. The fraction of sp³-hybridized carbons (Fsp3) is 0.294. The molecule has 1 amide bonds. The Balaban J connectivity index is 1.78. The molecule has 1 fully saturated rings. The summed E-state index contributed by atoms with van der Waals surface area (Å²) in [5.41, 5.74) is 1.22. The first kappa shape index (κ1) is 14.4. The normalized spacial score (nSPS) is 21.0. The van der Waals surface area contributed by atoms with Crippen molar-refractivity contribution >= 4 is 11.9 Å². The van der Waals surface area contributed by atoms with E-state index in [2.05, 4.69) is 12.1 Å². The molecule has 3 rings (SSSR count). The van der Waals surface area contributed by atoms with Crippen molar-refractivity contribution in [1.29, 1.82) is 0 Å². The van der Waals surface area contributed by atoms with Gasteiger partial charge >= 0.3 is 5.97 Å². The molecule has 1 aromatic carbocycles. The molecule has 0 aliphatic carbocycles. The van der Waals surface area contributed by atoms with Crippen LogP contribution in [0.25, 0.3) is 0 Å². The lowest BCUT2D eigenvalue weighted by Gasteiger charge is -2.24. The van der Waals surface area contributed by atoms with Crippen LogP contribution in [0.4, 0.5) is 0 Å². The van der Waals surface area contributed by atoms with Crippen LogP contribution in [0.3, 0.4) is 0 Å². The summed E-state index contributed by atoms with van der Waals surface area (Å²) in [6.45, 7) is 2.66. The summed E-state index contributed by atoms with van der Waals surface area (Å²) in [4.78, 5) is 25.1. The van der Waals surface area contributed by atoms with E-state index >= 15 is 0 Å². The number of rotatable bonds is 3. The molecular formula is C17H17NO4. The van der Waals surface area contributed by atoms with Crippen LogP contribution < -0.4 is 0 Å². The van der Waals surface area contributed by atoms with Gasteiger partial charge in [0.05, 0.1) is 0 Å². The summed E-state index contributed by atoms with van der Waals surface area (Å²) in [6, 6.07) is 12.9. The Morgan fingerprint density at radius 3 is 2.45 bits per heavy atom. The van der Waals surface area contributed by atoms with E-state index in [0.717, 1.165) is 6.42 Å². The minimum Gasteiger partial charge on any atom is -0.475 e.